The Morgan fingerprint density at radius 3 is 2.45 bits per heavy atom. The standard InChI is InChI=1S/C26H40N4S/c1-19(2)20-9-11-22(12-10-20)29-16-13-23(14-17-29)30-18-21(6-5-15-28-26(27)31)24-7-3-4-8-25(24)30/h3-4,7-8,18-20,22-23H,5-6,9-17H2,1-2H3,(H3,27,28,31). The fourth-order valence-corrected chi connectivity index (χ4v) is 6.03. The van der Waals surface area contributed by atoms with Crippen LogP contribution in [0.5, 0.6) is 0 Å². The zero-order valence-electron chi connectivity index (χ0n) is 19.4. The molecule has 1 aliphatic heterocycles. The first-order valence-corrected chi connectivity index (χ1v) is 12.8. The topological polar surface area (TPSA) is 46.2 Å². The van der Waals surface area contributed by atoms with E-state index in [0.717, 1.165) is 37.3 Å². The third kappa shape index (κ3) is 5.43. The number of nitrogens with zero attached hydrogens (tertiary/aromatic N) is 2. The van der Waals surface area contributed by atoms with Crippen LogP contribution in [0.25, 0.3) is 10.9 Å². The Balaban J connectivity index is 1.37. The van der Waals surface area contributed by atoms with Gasteiger partial charge in [0.25, 0.3) is 0 Å². The molecule has 3 N–H and O–H groups in total. The molecule has 0 amide bonds. The van der Waals surface area contributed by atoms with Crippen LogP contribution in [0.1, 0.15) is 70.4 Å². The average molecular weight is 441 g/mol. The van der Waals surface area contributed by atoms with E-state index < -0.39 is 0 Å². The van der Waals surface area contributed by atoms with Crippen molar-refractivity contribution in [3.05, 3.63) is 36.0 Å². The number of nitrogens with two attached hydrogens (primary N) is 1. The molecule has 0 radical (unpaired) electrons. The maximum absolute atomic E-state index is 5.56. The van der Waals surface area contributed by atoms with Gasteiger partial charge in [0.2, 0.25) is 0 Å². The van der Waals surface area contributed by atoms with Gasteiger partial charge >= 0.3 is 0 Å². The molecule has 2 aromatic rings. The number of rotatable bonds is 7. The summed E-state index contributed by atoms with van der Waals surface area (Å²) in [5.41, 5.74) is 8.41. The van der Waals surface area contributed by atoms with Crippen molar-refractivity contribution in [2.24, 2.45) is 17.6 Å². The van der Waals surface area contributed by atoms with Gasteiger partial charge in [-0.25, -0.2) is 0 Å². The van der Waals surface area contributed by atoms with Crippen LogP contribution in [-0.2, 0) is 6.42 Å². The average Bonchev–Trinajstić information content (AvgIpc) is 3.15. The minimum atomic E-state index is 0.395. The first-order chi connectivity index (χ1) is 15.0. The van der Waals surface area contributed by atoms with Crippen molar-refractivity contribution in [2.45, 2.75) is 77.3 Å². The van der Waals surface area contributed by atoms with Gasteiger partial charge in [-0.05, 0) is 87.1 Å². The van der Waals surface area contributed by atoms with Gasteiger partial charge in [0.1, 0.15) is 0 Å². The third-order valence-corrected chi connectivity index (χ3v) is 7.98. The summed E-state index contributed by atoms with van der Waals surface area (Å²) < 4.78 is 2.58. The number of likely N-dealkylation sites (tertiary alicyclic amines) is 1. The summed E-state index contributed by atoms with van der Waals surface area (Å²) in [5.74, 6) is 1.81. The van der Waals surface area contributed by atoms with Crippen molar-refractivity contribution in [1.82, 2.24) is 14.8 Å². The summed E-state index contributed by atoms with van der Waals surface area (Å²) in [6.07, 6.45) is 12.7. The van der Waals surface area contributed by atoms with E-state index in [1.807, 2.05) is 0 Å². The number of thiocarbonyl (C=S) groups is 1. The molecule has 170 valence electrons. The van der Waals surface area contributed by atoms with Crippen molar-refractivity contribution in [2.75, 3.05) is 19.6 Å². The predicted molar refractivity (Wildman–Crippen MR) is 135 cm³/mol. The summed E-state index contributed by atoms with van der Waals surface area (Å²) in [6, 6.07) is 10.4. The van der Waals surface area contributed by atoms with Crippen molar-refractivity contribution in [3.8, 4) is 0 Å². The molecule has 0 bridgehead atoms. The summed E-state index contributed by atoms with van der Waals surface area (Å²) in [6.45, 7) is 8.14. The number of piperidine rings is 1. The number of benzene rings is 1. The van der Waals surface area contributed by atoms with Gasteiger partial charge in [-0.15, -0.1) is 0 Å². The quantitative estimate of drug-likeness (QED) is 0.455. The van der Waals surface area contributed by atoms with Gasteiger partial charge in [0, 0.05) is 48.8 Å². The number of aromatic nitrogens is 1. The Bertz CT molecular complexity index is 857. The number of para-hydroxylation sites is 1. The van der Waals surface area contributed by atoms with Crippen molar-refractivity contribution < 1.29 is 0 Å². The van der Waals surface area contributed by atoms with Gasteiger partial charge in [0.05, 0.1) is 0 Å². The molecule has 2 fully saturated rings. The second-order valence-electron chi connectivity index (χ2n) is 10.1. The van der Waals surface area contributed by atoms with E-state index in [0.29, 0.717) is 11.2 Å². The molecule has 5 heteroatoms. The molecule has 31 heavy (non-hydrogen) atoms. The summed E-state index contributed by atoms with van der Waals surface area (Å²) in [5, 5.41) is 4.88. The molecule has 2 aliphatic rings. The van der Waals surface area contributed by atoms with Crippen molar-refractivity contribution in [1.29, 1.82) is 0 Å². The van der Waals surface area contributed by atoms with Gasteiger partial charge in [0.15, 0.2) is 5.11 Å². The van der Waals surface area contributed by atoms with E-state index in [2.05, 4.69) is 59.1 Å². The lowest BCUT2D eigenvalue weighted by molar-refractivity contribution is 0.0894. The summed E-state index contributed by atoms with van der Waals surface area (Å²) >= 11 is 4.92. The van der Waals surface area contributed by atoms with Gasteiger partial charge in [-0.3, -0.25) is 0 Å². The van der Waals surface area contributed by atoms with Crippen LogP contribution < -0.4 is 11.1 Å². The monoisotopic (exact) mass is 440 g/mol. The highest BCUT2D eigenvalue weighted by atomic mass is 32.1. The Labute approximate surface area is 193 Å². The van der Waals surface area contributed by atoms with E-state index in [1.165, 1.54) is 68.1 Å². The highest BCUT2D eigenvalue weighted by molar-refractivity contribution is 7.80. The second-order valence-corrected chi connectivity index (χ2v) is 10.5. The van der Waals surface area contributed by atoms with Crippen molar-refractivity contribution >= 4 is 28.2 Å². The molecule has 1 saturated carbocycles. The summed E-state index contributed by atoms with van der Waals surface area (Å²) in [4.78, 5) is 2.81. The molecule has 0 atom stereocenters. The van der Waals surface area contributed by atoms with E-state index in [9.17, 15) is 0 Å². The van der Waals surface area contributed by atoms with Crippen LogP contribution >= 0.6 is 12.2 Å². The maximum Gasteiger partial charge on any atom is 0.163 e. The Morgan fingerprint density at radius 1 is 1.06 bits per heavy atom. The fourth-order valence-electron chi connectivity index (χ4n) is 5.93. The zero-order chi connectivity index (χ0) is 21.8. The van der Waals surface area contributed by atoms with Gasteiger partial charge in [-0.1, -0.05) is 32.0 Å². The van der Waals surface area contributed by atoms with E-state index in [-0.39, 0.29) is 0 Å². The lowest BCUT2D eigenvalue weighted by Gasteiger charge is -2.42. The van der Waals surface area contributed by atoms with Crippen LogP contribution in [0.2, 0.25) is 0 Å². The first kappa shape index (κ1) is 22.6. The van der Waals surface area contributed by atoms with E-state index >= 15 is 0 Å². The third-order valence-electron chi connectivity index (χ3n) is 7.84. The minimum Gasteiger partial charge on any atom is -0.376 e. The molecule has 1 aliphatic carbocycles. The molecule has 0 spiro atoms. The number of aryl methyl sites for hydroxylation is 1. The SMILES string of the molecule is CC(C)C1CCC(N2CCC(n3cc(CCCNC(N)=S)c4ccccc43)CC2)CC1. The molecule has 1 aromatic heterocycles. The molecule has 4 nitrogen and oxygen atoms in total. The molecule has 1 aromatic carbocycles. The Hall–Kier alpha value is -1.59. The highest BCUT2D eigenvalue weighted by Gasteiger charge is 2.30. The smallest absolute Gasteiger partial charge is 0.163 e. The van der Waals surface area contributed by atoms with E-state index in [4.69, 9.17) is 18.0 Å². The predicted octanol–water partition coefficient (Wildman–Crippen LogP) is 5.26. The second kappa shape index (κ2) is 10.4. The zero-order valence-corrected chi connectivity index (χ0v) is 20.2. The van der Waals surface area contributed by atoms with E-state index in [1.54, 1.807) is 0 Å². The molecular formula is C26H40N4S. The first-order valence-electron chi connectivity index (χ1n) is 12.4. The molecule has 0 unspecified atom stereocenters. The van der Waals surface area contributed by atoms with Crippen LogP contribution in [0.15, 0.2) is 30.5 Å². The highest BCUT2D eigenvalue weighted by Crippen LogP contribution is 2.36. The number of hydrogen-bond acceptors (Lipinski definition) is 2. The molecule has 2 heterocycles. The summed E-state index contributed by atoms with van der Waals surface area (Å²) in [7, 11) is 0. The lowest BCUT2D eigenvalue weighted by atomic mass is 9.79. The Morgan fingerprint density at radius 2 is 1.77 bits per heavy atom. The number of hydrogen-bond donors (Lipinski definition) is 2. The minimum absolute atomic E-state index is 0.395. The molecular weight excluding hydrogens is 400 g/mol. The van der Waals surface area contributed by atoms with Crippen LogP contribution in [0.3, 0.4) is 0 Å². The molecule has 1 saturated heterocycles. The number of nitrogens with one attached hydrogen (secondary N) is 1. The van der Waals surface area contributed by atoms with Gasteiger partial charge in [-0.2, -0.15) is 0 Å². The van der Waals surface area contributed by atoms with Gasteiger partial charge < -0.3 is 20.5 Å². The van der Waals surface area contributed by atoms with Crippen molar-refractivity contribution in [3.63, 3.8) is 0 Å². The van der Waals surface area contributed by atoms with Crippen LogP contribution in [-0.4, -0.2) is 40.3 Å². The fraction of sp³-hybridized carbons (Fsp3) is 0.654. The van der Waals surface area contributed by atoms with Crippen LogP contribution in [0.4, 0.5) is 0 Å². The molecule has 4 rings (SSSR count). The normalized spacial score (nSPS) is 23.5. The number of fused-ring (bicyclic) bond motifs is 1. The lowest BCUT2D eigenvalue weighted by Crippen LogP contribution is -2.43. The Kier molecular flexibility index (Phi) is 7.55. The largest absolute Gasteiger partial charge is 0.376 e. The van der Waals surface area contributed by atoms with Crippen LogP contribution in [0, 0.1) is 11.8 Å². The maximum atomic E-state index is 5.56.